The summed E-state index contributed by atoms with van der Waals surface area (Å²) in [6.07, 6.45) is 20.5. The van der Waals surface area contributed by atoms with Crippen LogP contribution < -0.4 is 29.6 Å². The number of hydrogen-bond donors (Lipinski definition) is 1. The quantitative estimate of drug-likeness (QED) is 0.227. The predicted octanol–water partition coefficient (Wildman–Crippen LogP) is 3.18. The molecule has 0 rings (SSSR count). The van der Waals surface area contributed by atoms with Crippen LogP contribution in [0.3, 0.4) is 0 Å². The predicted molar refractivity (Wildman–Crippen MR) is 98.2 cm³/mol. The van der Waals surface area contributed by atoms with Gasteiger partial charge in [-0.2, -0.15) is 8.42 Å². The Kier molecular flexibility index (Phi) is 22.8. The van der Waals surface area contributed by atoms with Gasteiger partial charge in [0.05, 0.1) is 6.61 Å². The molecule has 142 valence electrons. The van der Waals surface area contributed by atoms with E-state index in [1.807, 2.05) is 0 Å². The van der Waals surface area contributed by atoms with Crippen molar-refractivity contribution < 1.29 is 48.1 Å². The Bertz CT molecular complexity index is 340. The summed E-state index contributed by atoms with van der Waals surface area (Å²) in [6.45, 7) is 2.36. The second-order valence-corrected chi connectivity index (χ2v) is 7.64. The Morgan fingerprint density at radius 1 is 0.667 bits per heavy atom. The van der Waals surface area contributed by atoms with Gasteiger partial charge in [-0.05, 0) is 6.42 Å². The minimum Gasteiger partial charge on any atom is -1.00 e. The third kappa shape index (κ3) is 25.1. The summed E-state index contributed by atoms with van der Waals surface area (Å²) in [6, 6.07) is 0. The van der Waals surface area contributed by atoms with Gasteiger partial charge in [0.15, 0.2) is 0 Å². The van der Waals surface area contributed by atoms with E-state index in [1.54, 1.807) is 0 Å². The van der Waals surface area contributed by atoms with E-state index in [2.05, 4.69) is 11.1 Å². The number of hydrogen-bond acceptors (Lipinski definition) is 3. The Labute approximate surface area is 174 Å². The summed E-state index contributed by atoms with van der Waals surface area (Å²) in [5, 5.41) is 0. The van der Waals surface area contributed by atoms with Crippen molar-refractivity contribution in [2.75, 3.05) is 6.61 Å². The molecule has 0 aromatic rings. The van der Waals surface area contributed by atoms with Crippen molar-refractivity contribution >= 4 is 10.4 Å². The van der Waals surface area contributed by atoms with E-state index in [4.69, 9.17) is 4.55 Å². The average Bonchev–Trinajstić information content (AvgIpc) is 2.49. The molecule has 4 nitrogen and oxygen atoms in total. The van der Waals surface area contributed by atoms with Crippen LogP contribution in [0, 0.1) is 0 Å². The van der Waals surface area contributed by atoms with E-state index in [-0.39, 0.29) is 37.6 Å². The zero-order valence-corrected chi connectivity index (χ0v) is 18.9. The van der Waals surface area contributed by atoms with E-state index in [0.29, 0.717) is 6.42 Å². The van der Waals surface area contributed by atoms with Crippen molar-refractivity contribution in [3.8, 4) is 0 Å². The van der Waals surface area contributed by atoms with E-state index >= 15 is 0 Å². The van der Waals surface area contributed by atoms with E-state index in [9.17, 15) is 8.42 Å². The topological polar surface area (TPSA) is 63.6 Å². The Morgan fingerprint density at radius 2 is 0.958 bits per heavy atom. The Hall–Kier alpha value is 0.870. The van der Waals surface area contributed by atoms with Gasteiger partial charge in [0, 0.05) is 0 Å². The average molecular weight is 375 g/mol. The van der Waals surface area contributed by atoms with E-state index < -0.39 is 10.4 Å². The molecule has 0 saturated heterocycles. The molecule has 24 heavy (non-hydrogen) atoms. The molecule has 0 aliphatic rings. The van der Waals surface area contributed by atoms with Gasteiger partial charge in [0.1, 0.15) is 0 Å². The van der Waals surface area contributed by atoms with E-state index in [1.165, 1.54) is 83.5 Å². The van der Waals surface area contributed by atoms with Gasteiger partial charge < -0.3 is 1.43 Å². The summed E-state index contributed by atoms with van der Waals surface area (Å²) in [5.41, 5.74) is 0. The molecule has 0 heterocycles. The molecule has 0 spiro atoms. The molecule has 0 aromatic heterocycles. The van der Waals surface area contributed by atoms with E-state index in [0.717, 1.165) is 12.8 Å². The van der Waals surface area contributed by atoms with Crippen molar-refractivity contribution in [2.45, 2.75) is 110 Å². The first-order valence-electron chi connectivity index (χ1n) is 9.68. The third-order valence-electron chi connectivity index (χ3n) is 4.23. The van der Waals surface area contributed by atoms with Crippen molar-refractivity contribution in [1.82, 2.24) is 0 Å². The fourth-order valence-corrected chi connectivity index (χ4v) is 3.14. The smallest absolute Gasteiger partial charge is 1.00 e. The van der Waals surface area contributed by atoms with Crippen LogP contribution in [-0.4, -0.2) is 19.6 Å². The monoisotopic (exact) mass is 374 g/mol. The maximum Gasteiger partial charge on any atom is 1.00 e. The summed E-state index contributed by atoms with van der Waals surface area (Å²) in [7, 11) is -4.24. The largest absolute Gasteiger partial charge is 1.00 e. The van der Waals surface area contributed by atoms with Gasteiger partial charge >= 0.3 is 40.0 Å². The Morgan fingerprint density at radius 3 is 1.25 bits per heavy atom. The van der Waals surface area contributed by atoms with Crippen molar-refractivity contribution in [1.29, 1.82) is 0 Å². The molecule has 0 radical (unpaired) electrons. The summed E-state index contributed by atoms with van der Waals surface area (Å²) in [4.78, 5) is 0. The molecule has 1 N–H and O–H groups in total. The molecule has 0 atom stereocenters. The molecule has 0 unspecified atom stereocenters. The molecule has 0 saturated carbocycles. The molecular formula is C18H39NaO4S. The minimum atomic E-state index is -4.24. The molecule has 0 aromatic carbocycles. The second-order valence-electron chi connectivity index (χ2n) is 6.55. The normalized spacial score (nSPS) is 11.4. The fraction of sp³-hybridized carbons (Fsp3) is 1.00. The van der Waals surface area contributed by atoms with Crippen LogP contribution in [0.2, 0.25) is 0 Å². The van der Waals surface area contributed by atoms with Gasteiger partial charge in [-0.1, -0.05) is 103 Å². The third-order valence-corrected chi connectivity index (χ3v) is 4.69. The van der Waals surface area contributed by atoms with Gasteiger partial charge in [-0.25, -0.2) is 4.18 Å². The first-order chi connectivity index (χ1) is 11.1. The minimum absolute atomic E-state index is 0. The SMILES string of the molecule is CCCCCCCCCCCCCCCCCCOS(=O)(=O)O.[H-].[Na+]. The molecule has 6 heteroatoms. The first-order valence-corrected chi connectivity index (χ1v) is 11.0. The van der Waals surface area contributed by atoms with Crippen LogP contribution in [-0.2, 0) is 14.6 Å². The number of unbranched alkanes of at least 4 members (excludes halogenated alkanes) is 15. The molecule has 0 fully saturated rings. The second kappa shape index (κ2) is 20.2. The van der Waals surface area contributed by atoms with Gasteiger partial charge in [-0.15, -0.1) is 0 Å². The van der Waals surface area contributed by atoms with Gasteiger partial charge in [-0.3, -0.25) is 4.55 Å². The maximum atomic E-state index is 10.3. The first kappa shape index (κ1) is 27.1. The summed E-state index contributed by atoms with van der Waals surface area (Å²) < 4.78 is 33.3. The summed E-state index contributed by atoms with van der Waals surface area (Å²) >= 11 is 0. The van der Waals surface area contributed by atoms with Gasteiger partial charge in [0.2, 0.25) is 0 Å². The molecular weight excluding hydrogens is 335 g/mol. The summed E-state index contributed by atoms with van der Waals surface area (Å²) in [5.74, 6) is 0. The zero-order chi connectivity index (χ0) is 17.2. The molecule has 0 amide bonds. The van der Waals surface area contributed by atoms with Crippen LogP contribution >= 0.6 is 0 Å². The molecule has 0 aliphatic carbocycles. The van der Waals surface area contributed by atoms with Crippen molar-refractivity contribution in [2.24, 2.45) is 0 Å². The maximum absolute atomic E-state index is 10.3. The van der Waals surface area contributed by atoms with Crippen LogP contribution in [0.25, 0.3) is 0 Å². The van der Waals surface area contributed by atoms with Gasteiger partial charge in [0.25, 0.3) is 0 Å². The fourth-order valence-electron chi connectivity index (χ4n) is 2.81. The molecule has 0 aliphatic heterocycles. The van der Waals surface area contributed by atoms with Crippen LogP contribution in [0.1, 0.15) is 111 Å². The Balaban J connectivity index is -0.00000242. The molecule has 0 bridgehead atoms. The standard InChI is InChI=1S/C18H38O4S.Na.H/c1-2-3-4-5-6-7-8-9-10-11-12-13-14-15-16-17-18-22-23(19,20)21;;/h2-18H2,1H3,(H,19,20,21);;/q;+1;-1. The van der Waals surface area contributed by atoms with Crippen LogP contribution in [0.4, 0.5) is 0 Å². The van der Waals surface area contributed by atoms with Crippen LogP contribution in [0.5, 0.6) is 0 Å². The number of rotatable bonds is 18. The van der Waals surface area contributed by atoms with Crippen molar-refractivity contribution in [3.05, 3.63) is 0 Å². The zero-order valence-electron chi connectivity index (χ0n) is 17.1. The van der Waals surface area contributed by atoms with Crippen LogP contribution in [0.15, 0.2) is 0 Å². The van der Waals surface area contributed by atoms with Crippen molar-refractivity contribution in [3.63, 3.8) is 0 Å².